The molecule has 0 radical (unpaired) electrons. The predicted octanol–water partition coefficient (Wildman–Crippen LogP) is 16.4. The Morgan fingerprint density at radius 2 is 0.957 bits per heavy atom. The molecule has 0 saturated carbocycles. The van der Waals surface area contributed by atoms with E-state index in [1.54, 1.807) is 0 Å². The van der Waals surface area contributed by atoms with Gasteiger partial charge >= 0.3 is 0 Å². The smallest absolute Gasteiger partial charge is 0.273 e. The van der Waals surface area contributed by atoms with Gasteiger partial charge in [0.2, 0.25) is 0 Å². The maximum atomic E-state index is 2.65. The number of hydrogen-bond acceptors (Lipinski definition) is 3. The molecule has 0 spiro atoms. The number of fused-ring (bicyclic) bond motifs is 12. The molecule has 0 bridgehead atoms. The molecule has 2 aliphatic rings. The number of rotatable bonds is 3. The fourth-order valence-electron chi connectivity index (χ4n) is 11.4. The zero-order chi connectivity index (χ0) is 48.1. The van der Waals surface area contributed by atoms with Gasteiger partial charge in [-0.15, -0.1) is 11.3 Å². The van der Waals surface area contributed by atoms with E-state index in [1.165, 1.54) is 115 Å². The molecule has 8 aromatic carbocycles. The first-order valence-electron chi connectivity index (χ1n) is 24.9. The summed E-state index contributed by atoms with van der Waals surface area (Å²) < 4.78 is 5.30. The van der Waals surface area contributed by atoms with Crippen molar-refractivity contribution >= 4 is 111 Å². The van der Waals surface area contributed by atoms with Gasteiger partial charge in [-0.3, -0.25) is 0 Å². The molecule has 342 valence electrons. The Labute approximate surface area is 413 Å². The molecule has 12 rings (SSSR count). The van der Waals surface area contributed by atoms with Gasteiger partial charge in [0.25, 0.3) is 6.71 Å². The SMILES string of the molecule is CC(C)(C)c1ccc(N2c3ccc(C(C)(C)C)cc3B3c4c2cccc4N(c2ccc(C(C)(C)C)cc2)c2c3n(-c3ccc(C(C)(C)C)cc3)c3ccc4c(sc5ccc6ccccc6c54)c23)cc1. The molecule has 0 unspecified atom stereocenters. The predicted molar refractivity (Wildman–Crippen MR) is 302 cm³/mol. The average Bonchev–Trinajstić information content (AvgIpc) is 3.87. The maximum Gasteiger partial charge on any atom is 0.273 e. The molecule has 0 aliphatic carbocycles. The zero-order valence-corrected chi connectivity index (χ0v) is 43.2. The summed E-state index contributed by atoms with van der Waals surface area (Å²) in [7, 11) is 0. The van der Waals surface area contributed by atoms with Crippen LogP contribution in [0.4, 0.5) is 34.1 Å². The second-order valence-electron chi connectivity index (χ2n) is 23.9. The van der Waals surface area contributed by atoms with Crippen LogP contribution in [-0.4, -0.2) is 11.3 Å². The lowest BCUT2D eigenvalue weighted by Gasteiger charge is -2.44. The van der Waals surface area contributed by atoms with Gasteiger partial charge in [-0.2, -0.15) is 0 Å². The first-order valence-corrected chi connectivity index (χ1v) is 25.7. The van der Waals surface area contributed by atoms with Crippen LogP contribution in [0.3, 0.4) is 0 Å². The van der Waals surface area contributed by atoms with E-state index >= 15 is 0 Å². The summed E-state index contributed by atoms with van der Waals surface area (Å²) in [6.45, 7) is 27.7. The standard InChI is InChI=1S/C64H62BN3S/c1-61(2,3)40-21-28-44(29-22-40)66-50-35-27-43(64(10,11)12)38-49(50)65-57-52(66)18-15-19-53(57)67(45-30-23-41(24-31-45)62(4,5)6)58-56-51(68(60(58)65)46-32-25-42(26-33-46)63(7,8)9)36-34-48-55-47-17-14-13-16-39(47)20-37-54(55)69-59(48)56/h13-38H,1-12H3. The maximum absolute atomic E-state index is 2.65. The topological polar surface area (TPSA) is 11.4 Å². The Bertz CT molecular complexity index is 3690. The third-order valence-electron chi connectivity index (χ3n) is 15.2. The highest BCUT2D eigenvalue weighted by molar-refractivity contribution is 7.27. The number of nitrogens with zero attached hydrogens (tertiary/aromatic N) is 3. The lowest BCUT2D eigenvalue weighted by molar-refractivity contribution is 0.590. The Balaban J connectivity index is 1.26. The minimum Gasteiger partial charge on any atom is -0.319 e. The number of anilines is 6. The molecule has 2 aromatic heterocycles. The van der Waals surface area contributed by atoms with Crippen molar-refractivity contribution in [1.82, 2.24) is 4.57 Å². The van der Waals surface area contributed by atoms with E-state index in [0.29, 0.717) is 0 Å². The van der Waals surface area contributed by atoms with E-state index in [9.17, 15) is 0 Å². The molecule has 5 heteroatoms. The van der Waals surface area contributed by atoms with Crippen molar-refractivity contribution in [2.75, 3.05) is 9.80 Å². The fraction of sp³-hybridized carbons (Fsp3) is 0.250. The summed E-state index contributed by atoms with van der Waals surface area (Å²) in [4.78, 5) is 5.19. The van der Waals surface area contributed by atoms with Gasteiger partial charge in [0.1, 0.15) is 0 Å². The summed E-state index contributed by atoms with van der Waals surface area (Å²) in [5.74, 6) is 0. The largest absolute Gasteiger partial charge is 0.319 e. The van der Waals surface area contributed by atoms with E-state index in [1.807, 2.05) is 11.3 Å². The lowest BCUT2D eigenvalue weighted by atomic mass is 9.34. The number of hydrogen-bond donors (Lipinski definition) is 0. The van der Waals surface area contributed by atoms with Crippen molar-refractivity contribution in [3.63, 3.8) is 0 Å². The highest BCUT2D eigenvalue weighted by Crippen LogP contribution is 2.51. The van der Waals surface area contributed by atoms with Crippen molar-refractivity contribution in [2.45, 2.75) is 105 Å². The Morgan fingerprint density at radius 1 is 0.420 bits per heavy atom. The number of thiophene rings is 1. The second kappa shape index (κ2) is 15.0. The molecule has 0 amide bonds. The molecule has 4 heterocycles. The molecule has 0 fully saturated rings. The molecule has 0 atom stereocenters. The van der Waals surface area contributed by atoms with Crippen LogP contribution in [0.1, 0.15) is 105 Å². The lowest BCUT2D eigenvalue weighted by Crippen LogP contribution is -2.63. The van der Waals surface area contributed by atoms with Crippen molar-refractivity contribution in [3.8, 4) is 5.69 Å². The van der Waals surface area contributed by atoms with Crippen LogP contribution in [0.15, 0.2) is 158 Å². The van der Waals surface area contributed by atoms with Gasteiger partial charge in [-0.05, 0) is 132 Å². The Kier molecular flexibility index (Phi) is 9.48. The molecule has 3 nitrogen and oxygen atoms in total. The van der Waals surface area contributed by atoms with Gasteiger partial charge in [-0.1, -0.05) is 174 Å². The minimum atomic E-state index is -0.0846. The molecule has 0 saturated heterocycles. The summed E-state index contributed by atoms with van der Waals surface area (Å²) in [5, 5.41) is 6.54. The Morgan fingerprint density at radius 3 is 1.55 bits per heavy atom. The molecule has 69 heavy (non-hydrogen) atoms. The Hall–Kier alpha value is -6.56. The number of benzene rings is 8. The van der Waals surface area contributed by atoms with Crippen molar-refractivity contribution in [3.05, 3.63) is 180 Å². The molecule has 10 aromatic rings. The van der Waals surface area contributed by atoms with Crippen LogP contribution in [0, 0.1) is 0 Å². The van der Waals surface area contributed by atoms with Gasteiger partial charge < -0.3 is 14.4 Å². The first-order chi connectivity index (χ1) is 32.8. The third-order valence-corrected chi connectivity index (χ3v) is 16.4. The van der Waals surface area contributed by atoms with Crippen LogP contribution in [0.2, 0.25) is 0 Å². The van der Waals surface area contributed by atoms with Gasteiger partial charge in [-0.25, -0.2) is 0 Å². The van der Waals surface area contributed by atoms with E-state index in [-0.39, 0.29) is 28.4 Å². The second-order valence-corrected chi connectivity index (χ2v) is 24.9. The van der Waals surface area contributed by atoms with Gasteiger partial charge in [0.05, 0.1) is 11.2 Å². The fourth-order valence-corrected chi connectivity index (χ4v) is 12.7. The van der Waals surface area contributed by atoms with Gasteiger partial charge in [0, 0.05) is 65.3 Å². The first kappa shape index (κ1) is 43.7. The average molecular weight is 916 g/mol. The zero-order valence-electron chi connectivity index (χ0n) is 42.3. The van der Waals surface area contributed by atoms with E-state index in [4.69, 9.17) is 0 Å². The van der Waals surface area contributed by atoms with Crippen molar-refractivity contribution in [2.24, 2.45) is 0 Å². The van der Waals surface area contributed by atoms with E-state index in [0.717, 1.165) is 5.69 Å². The summed E-state index contributed by atoms with van der Waals surface area (Å²) in [6.07, 6.45) is 0. The van der Waals surface area contributed by atoms with Crippen LogP contribution in [0.5, 0.6) is 0 Å². The summed E-state index contributed by atoms with van der Waals surface area (Å²) in [6, 6.07) is 61.1. The highest BCUT2D eigenvalue weighted by Gasteiger charge is 2.47. The summed E-state index contributed by atoms with van der Waals surface area (Å²) >= 11 is 1.95. The van der Waals surface area contributed by atoms with Crippen LogP contribution >= 0.6 is 11.3 Å². The molecule has 2 aliphatic heterocycles. The summed E-state index contributed by atoms with van der Waals surface area (Å²) in [5.41, 5.74) is 19.0. The quantitative estimate of drug-likeness (QED) is 0.164. The monoisotopic (exact) mass is 915 g/mol. The molecule has 0 N–H and O–H groups in total. The van der Waals surface area contributed by atoms with Gasteiger partial charge in [0.15, 0.2) is 0 Å². The number of aromatic nitrogens is 1. The van der Waals surface area contributed by atoms with Crippen LogP contribution in [-0.2, 0) is 21.7 Å². The van der Waals surface area contributed by atoms with Crippen LogP contribution in [0.25, 0.3) is 47.5 Å². The third kappa shape index (κ3) is 6.74. The minimum absolute atomic E-state index is 0.0152. The molecular weight excluding hydrogens is 854 g/mol. The normalized spacial score (nSPS) is 14.0. The van der Waals surface area contributed by atoms with Crippen LogP contribution < -0.4 is 26.3 Å². The van der Waals surface area contributed by atoms with Crippen molar-refractivity contribution < 1.29 is 0 Å². The van der Waals surface area contributed by atoms with E-state index in [2.05, 4.69) is 255 Å². The van der Waals surface area contributed by atoms with E-state index < -0.39 is 0 Å². The molecular formula is C64H62BN3S. The highest BCUT2D eigenvalue weighted by atomic mass is 32.1. The van der Waals surface area contributed by atoms with Crippen molar-refractivity contribution in [1.29, 1.82) is 0 Å².